The second-order valence-electron chi connectivity index (χ2n) is 4.92. The minimum atomic E-state index is 0.113. The molecule has 1 aromatic carbocycles. The number of aryl methyl sites for hydroxylation is 4. The van der Waals surface area contributed by atoms with Crippen LogP contribution in [0, 0.1) is 27.7 Å². The van der Waals surface area contributed by atoms with Gasteiger partial charge in [0.1, 0.15) is 12.0 Å². The summed E-state index contributed by atoms with van der Waals surface area (Å²) in [7, 11) is 0. The fourth-order valence-electron chi connectivity index (χ4n) is 2.34. The maximum atomic E-state index is 12.2. The summed E-state index contributed by atoms with van der Waals surface area (Å²) in [5.41, 5.74) is 5.39. The summed E-state index contributed by atoms with van der Waals surface area (Å²) in [6, 6.07) is 6.04. The average molecular weight is 242 g/mol. The fourth-order valence-corrected chi connectivity index (χ4v) is 2.34. The molecule has 0 fully saturated rings. The van der Waals surface area contributed by atoms with Crippen molar-refractivity contribution in [3.05, 3.63) is 58.0 Å². The number of furan rings is 1. The van der Waals surface area contributed by atoms with Crippen LogP contribution in [-0.2, 0) is 6.42 Å². The standard InChI is InChI=1S/C16H18O2/c1-10-5-11(2)15(12(3)6-10)8-16(17)14-7-13(4)18-9-14/h5-7,9H,8H2,1-4H3. The first kappa shape index (κ1) is 12.6. The number of rotatable bonds is 3. The zero-order chi connectivity index (χ0) is 13.3. The molecular formula is C16H18O2. The molecule has 0 atom stereocenters. The van der Waals surface area contributed by atoms with E-state index in [1.165, 1.54) is 23.0 Å². The first-order chi connectivity index (χ1) is 8.47. The largest absolute Gasteiger partial charge is 0.469 e. The van der Waals surface area contributed by atoms with Crippen molar-refractivity contribution in [3.63, 3.8) is 0 Å². The van der Waals surface area contributed by atoms with Gasteiger partial charge in [-0.1, -0.05) is 17.7 Å². The molecule has 0 radical (unpaired) electrons. The molecule has 2 aromatic rings. The van der Waals surface area contributed by atoms with Gasteiger partial charge in [-0.2, -0.15) is 0 Å². The topological polar surface area (TPSA) is 30.2 Å². The van der Waals surface area contributed by atoms with Gasteiger partial charge in [0.25, 0.3) is 0 Å². The van der Waals surface area contributed by atoms with Crippen molar-refractivity contribution in [2.75, 3.05) is 0 Å². The molecule has 0 aliphatic carbocycles. The Bertz CT molecular complexity index is 568. The van der Waals surface area contributed by atoms with Gasteiger partial charge in [-0.25, -0.2) is 0 Å². The third kappa shape index (κ3) is 2.53. The lowest BCUT2D eigenvalue weighted by molar-refractivity contribution is 0.0992. The van der Waals surface area contributed by atoms with Gasteiger partial charge < -0.3 is 4.42 Å². The Hall–Kier alpha value is -1.83. The molecule has 18 heavy (non-hydrogen) atoms. The summed E-state index contributed by atoms with van der Waals surface area (Å²) in [4.78, 5) is 12.2. The molecule has 0 saturated carbocycles. The number of hydrogen-bond donors (Lipinski definition) is 0. The van der Waals surface area contributed by atoms with E-state index in [0.717, 1.165) is 11.3 Å². The van der Waals surface area contributed by atoms with Crippen LogP contribution in [0.3, 0.4) is 0 Å². The second kappa shape index (κ2) is 4.81. The zero-order valence-corrected chi connectivity index (χ0v) is 11.3. The number of carbonyl (C=O) groups excluding carboxylic acids is 1. The highest BCUT2D eigenvalue weighted by molar-refractivity contribution is 5.97. The highest BCUT2D eigenvalue weighted by Gasteiger charge is 2.13. The van der Waals surface area contributed by atoms with Gasteiger partial charge in [0.2, 0.25) is 0 Å². The molecule has 0 saturated heterocycles. The predicted octanol–water partition coefficient (Wildman–Crippen LogP) is 3.94. The lowest BCUT2D eigenvalue weighted by Crippen LogP contribution is -2.06. The molecule has 0 N–H and O–H groups in total. The summed E-state index contributed by atoms with van der Waals surface area (Å²) >= 11 is 0. The van der Waals surface area contributed by atoms with Crippen LogP contribution in [0.5, 0.6) is 0 Å². The zero-order valence-electron chi connectivity index (χ0n) is 11.3. The van der Waals surface area contributed by atoms with Crippen LogP contribution < -0.4 is 0 Å². The molecule has 0 unspecified atom stereocenters. The molecule has 0 amide bonds. The Morgan fingerprint density at radius 3 is 2.17 bits per heavy atom. The Kier molecular flexibility index (Phi) is 3.37. The molecule has 0 aliphatic heterocycles. The molecule has 0 spiro atoms. The fraction of sp³-hybridized carbons (Fsp3) is 0.312. The molecule has 94 valence electrons. The molecule has 0 aliphatic rings. The van der Waals surface area contributed by atoms with Crippen molar-refractivity contribution in [1.82, 2.24) is 0 Å². The minimum Gasteiger partial charge on any atom is -0.469 e. The van der Waals surface area contributed by atoms with E-state index in [4.69, 9.17) is 4.42 Å². The monoisotopic (exact) mass is 242 g/mol. The molecule has 1 aromatic heterocycles. The lowest BCUT2D eigenvalue weighted by Gasteiger charge is -2.10. The van der Waals surface area contributed by atoms with Crippen LogP contribution in [0.2, 0.25) is 0 Å². The predicted molar refractivity (Wildman–Crippen MR) is 72.1 cm³/mol. The van der Waals surface area contributed by atoms with Crippen molar-refractivity contribution in [2.45, 2.75) is 34.1 Å². The molecule has 0 bridgehead atoms. The Labute approximate surface area is 108 Å². The summed E-state index contributed by atoms with van der Waals surface area (Å²) < 4.78 is 5.18. The van der Waals surface area contributed by atoms with Crippen LogP contribution in [-0.4, -0.2) is 5.78 Å². The van der Waals surface area contributed by atoms with E-state index < -0.39 is 0 Å². The van der Waals surface area contributed by atoms with E-state index in [0.29, 0.717) is 12.0 Å². The van der Waals surface area contributed by atoms with E-state index in [1.807, 2.05) is 6.92 Å². The molecule has 2 rings (SSSR count). The molecule has 2 nitrogen and oxygen atoms in total. The lowest BCUT2D eigenvalue weighted by atomic mass is 9.94. The highest BCUT2D eigenvalue weighted by Crippen LogP contribution is 2.19. The molecule has 2 heteroatoms. The quantitative estimate of drug-likeness (QED) is 0.763. The maximum Gasteiger partial charge on any atom is 0.170 e. The smallest absolute Gasteiger partial charge is 0.170 e. The van der Waals surface area contributed by atoms with Crippen LogP contribution in [0.4, 0.5) is 0 Å². The van der Waals surface area contributed by atoms with Gasteiger partial charge in [0.15, 0.2) is 5.78 Å². The number of Topliss-reactive ketones (excluding diaryl/α,β-unsaturated/α-hetero) is 1. The van der Waals surface area contributed by atoms with Crippen LogP contribution in [0.25, 0.3) is 0 Å². The maximum absolute atomic E-state index is 12.2. The Balaban J connectivity index is 2.27. The normalized spacial score (nSPS) is 10.7. The summed E-state index contributed by atoms with van der Waals surface area (Å²) in [6.07, 6.45) is 1.98. The number of carbonyl (C=O) groups is 1. The third-order valence-corrected chi connectivity index (χ3v) is 3.23. The SMILES string of the molecule is Cc1cc(C)c(CC(=O)c2coc(C)c2)c(C)c1. The van der Waals surface area contributed by atoms with Crippen LogP contribution >= 0.6 is 0 Å². The number of benzene rings is 1. The minimum absolute atomic E-state index is 0.113. The van der Waals surface area contributed by atoms with Gasteiger partial charge in [-0.15, -0.1) is 0 Å². The number of hydrogen-bond acceptors (Lipinski definition) is 2. The van der Waals surface area contributed by atoms with E-state index in [-0.39, 0.29) is 5.78 Å². The summed E-state index contributed by atoms with van der Waals surface area (Å²) in [6.45, 7) is 8.04. The first-order valence-electron chi connectivity index (χ1n) is 6.12. The van der Waals surface area contributed by atoms with Gasteiger partial charge >= 0.3 is 0 Å². The highest BCUT2D eigenvalue weighted by atomic mass is 16.3. The summed E-state index contributed by atoms with van der Waals surface area (Å²) in [5.74, 6) is 0.887. The average Bonchev–Trinajstić information content (AvgIpc) is 2.70. The van der Waals surface area contributed by atoms with Crippen LogP contribution in [0.1, 0.15) is 38.4 Å². The van der Waals surface area contributed by atoms with Crippen LogP contribution in [0.15, 0.2) is 28.9 Å². The van der Waals surface area contributed by atoms with Crippen molar-refractivity contribution >= 4 is 5.78 Å². The second-order valence-corrected chi connectivity index (χ2v) is 4.92. The van der Waals surface area contributed by atoms with E-state index in [1.54, 1.807) is 6.07 Å². The number of ketones is 1. The van der Waals surface area contributed by atoms with Gasteiger partial charge in [-0.05, 0) is 50.5 Å². The van der Waals surface area contributed by atoms with E-state index >= 15 is 0 Å². The van der Waals surface area contributed by atoms with E-state index in [2.05, 4.69) is 32.9 Å². The Morgan fingerprint density at radius 2 is 1.67 bits per heavy atom. The van der Waals surface area contributed by atoms with Gasteiger partial charge in [0, 0.05) is 6.42 Å². The molecular weight excluding hydrogens is 224 g/mol. The van der Waals surface area contributed by atoms with Crippen molar-refractivity contribution in [1.29, 1.82) is 0 Å². The first-order valence-corrected chi connectivity index (χ1v) is 6.12. The van der Waals surface area contributed by atoms with Crippen molar-refractivity contribution < 1.29 is 9.21 Å². The van der Waals surface area contributed by atoms with E-state index in [9.17, 15) is 4.79 Å². The third-order valence-electron chi connectivity index (χ3n) is 3.23. The van der Waals surface area contributed by atoms with Crippen molar-refractivity contribution in [3.8, 4) is 0 Å². The van der Waals surface area contributed by atoms with Crippen molar-refractivity contribution in [2.24, 2.45) is 0 Å². The van der Waals surface area contributed by atoms with Gasteiger partial charge in [0.05, 0.1) is 5.56 Å². The Morgan fingerprint density at radius 1 is 1.06 bits per heavy atom. The molecule has 1 heterocycles. The summed E-state index contributed by atoms with van der Waals surface area (Å²) in [5, 5.41) is 0. The van der Waals surface area contributed by atoms with Gasteiger partial charge in [-0.3, -0.25) is 4.79 Å².